The van der Waals surface area contributed by atoms with Gasteiger partial charge >= 0.3 is 0 Å². The maximum atomic E-state index is 6.29. The summed E-state index contributed by atoms with van der Waals surface area (Å²) in [5.41, 5.74) is 6.89. The molecule has 0 atom stereocenters. The van der Waals surface area contributed by atoms with Crippen molar-refractivity contribution in [2.24, 2.45) is 0 Å². The van der Waals surface area contributed by atoms with Gasteiger partial charge < -0.3 is 4.42 Å². The van der Waals surface area contributed by atoms with Crippen molar-refractivity contribution >= 4 is 65.0 Å². The van der Waals surface area contributed by atoms with E-state index in [2.05, 4.69) is 140 Å². The lowest BCUT2D eigenvalue weighted by Gasteiger charge is -2.15. The van der Waals surface area contributed by atoms with Crippen LogP contribution in [0.5, 0.6) is 0 Å². The minimum absolute atomic E-state index is 0.630. The maximum absolute atomic E-state index is 6.29. The number of furan rings is 1. The van der Waals surface area contributed by atoms with Gasteiger partial charge in [0.25, 0.3) is 0 Å². The van der Waals surface area contributed by atoms with Gasteiger partial charge in [-0.25, -0.2) is 15.0 Å². The Morgan fingerprint density at radius 1 is 0.302 bits per heavy atom. The van der Waals surface area contributed by atoms with E-state index >= 15 is 0 Å². The highest BCUT2D eigenvalue weighted by molar-refractivity contribution is 6.23. The molecule has 2 aromatic heterocycles. The zero-order chi connectivity index (χ0) is 34.9. The normalized spacial score (nSPS) is 11.8. The molecule has 53 heavy (non-hydrogen) atoms. The Labute approximate surface area is 304 Å². The van der Waals surface area contributed by atoms with Crippen LogP contribution in [0.25, 0.3) is 110 Å². The topological polar surface area (TPSA) is 51.8 Å². The first kappa shape index (κ1) is 29.5. The second kappa shape index (κ2) is 11.7. The SMILES string of the molecule is c1ccc(-c2nc(-c3cccc4c(-c5cccc6oc7ccccc7c56)cccc34)nc(-c3cc4ccccc4c4ccc5ccccc5c34)n2)cc1. The summed E-state index contributed by atoms with van der Waals surface area (Å²) >= 11 is 0. The minimum atomic E-state index is 0.630. The van der Waals surface area contributed by atoms with Crippen LogP contribution in [-0.2, 0) is 0 Å². The van der Waals surface area contributed by atoms with Gasteiger partial charge in [0.05, 0.1) is 0 Å². The third-order valence-electron chi connectivity index (χ3n) is 10.5. The number of nitrogens with zero attached hydrogens (tertiary/aromatic N) is 3. The Hall–Kier alpha value is -7.17. The Morgan fingerprint density at radius 3 is 1.74 bits per heavy atom. The average Bonchev–Trinajstić information content (AvgIpc) is 3.62. The monoisotopic (exact) mass is 675 g/mol. The average molecular weight is 676 g/mol. The summed E-state index contributed by atoms with van der Waals surface area (Å²) in [5, 5.41) is 11.4. The summed E-state index contributed by atoms with van der Waals surface area (Å²) in [6.07, 6.45) is 0. The molecule has 0 aliphatic carbocycles. The first-order valence-corrected chi connectivity index (χ1v) is 17.9. The van der Waals surface area contributed by atoms with Crippen molar-refractivity contribution in [1.82, 2.24) is 15.0 Å². The van der Waals surface area contributed by atoms with E-state index in [1.807, 2.05) is 36.4 Å². The van der Waals surface area contributed by atoms with E-state index in [0.29, 0.717) is 17.5 Å². The summed E-state index contributed by atoms with van der Waals surface area (Å²) in [5.74, 6) is 1.91. The van der Waals surface area contributed by atoms with E-state index in [1.54, 1.807) is 0 Å². The first-order chi connectivity index (χ1) is 26.3. The van der Waals surface area contributed by atoms with Crippen LogP contribution in [-0.4, -0.2) is 15.0 Å². The summed E-state index contributed by atoms with van der Waals surface area (Å²) in [6.45, 7) is 0. The Balaban J connectivity index is 1.20. The number of hydrogen-bond acceptors (Lipinski definition) is 4. The lowest BCUT2D eigenvalue weighted by Crippen LogP contribution is -2.01. The van der Waals surface area contributed by atoms with Crippen molar-refractivity contribution in [1.29, 1.82) is 0 Å². The van der Waals surface area contributed by atoms with Gasteiger partial charge in [0.2, 0.25) is 0 Å². The molecule has 9 aromatic carbocycles. The molecular formula is C49H29N3O. The van der Waals surface area contributed by atoms with Gasteiger partial charge in [-0.3, -0.25) is 0 Å². The summed E-state index contributed by atoms with van der Waals surface area (Å²) < 4.78 is 6.29. The zero-order valence-electron chi connectivity index (χ0n) is 28.5. The van der Waals surface area contributed by atoms with Crippen molar-refractivity contribution < 1.29 is 4.42 Å². The highest BCUT2D eigenvalue weighted by atomic mass is 16.3. The summed E-state index contributed by atoms with van der Waals surface area (Å²) in [4.78, 5) is 15.8. The van der Waals surface area contributed by atoms with E-state index < -0.39 is 0 Å². The first-order valence-electron chi connectivity index (χ1n) is 17.9. The third-order valence-corrected chi connectivity index (χ3v) is 10.5. The fourth-order valence-electron chi connectivity index (χ4n) is 8.13. The molecule has 0 amide bonds. The molecule has 11 rings (SSSR count). The highest BCUT2D eigenvalue weighted by Crippen LogP contribution is 2.42. The molecule has 0 radical (unpaired) electrons. The smallest absolute Gasteiger partial charge is 0.164 e. The van der Waals surface area contributed by atoms with E-state index in [1.165, 1.54) is 21.5 Å². The molecule has 0 aliphatic rings. The van der Waals surface area contributed by atoms with Crippen molar-refractivity contribution in [3.63, 3.8) is 0 Å². The van der Waals surface area contributed by atoms with Gasteiger partial charge in [-0.2, -0.15) is 0 Å². The van der Waals surface area contributed by atoms with Crippen LogP contribution < -0.4 is 0 Å². The van der Waals surface area contributed by atoms with Crippen LogP contribution >= 0.6 is 0 Å². The molecule has 4 heteroatoms. The molecule has 0 saturated carbocycles. The van der Waals surface area contributed by atoms with Crippen LogP contribution in [0.2, 0.25) is 0 Å². The van der Waals surface area contributed by atoms with E-state index in [4.69, 9.17) is 19.4 Å². The molecule has 0 fully saturated rings. The highest BCUT2D eigenvalue weighted by Gasteiger charge is 2.20. The predicted octanol–water partition coefficient (Wildman–Crippen LogP) is 13.1. The fourth-order valence-corrected chi connectivity index (χ4v) is 8.13. The predicted molar refractivity (Wildman–Crippen MR) is 219 cm³/mol. The van der Waals surface area contributed by atoms with Crippen molar-refractivity contribution in [3.05, 3.63) is 176 Å². The summed E-state index contributed by atoms with van der Waals surface area (Å²) in [6, 6.07) is 61.5. The van der Waals surface area contributed by atoms with Gasteiger partial charge in [-0.15, -0.1) is 0 Å². The Morgan fingerprint density at radius 2 is 0.887 bits per heavy atom. The number of fused-ring (bicyclic) bond motifs is 9. The van der Waals surface area contributed by atoms with E-state index in [-0.39, 0.29) is 0 Å². The number of rotatable bonds is 4. The summed E-state index contributed by atoms with van der Waals surface area (Å²) in [7, 11) is 0. The van der Waals surface area contributed by atoms with Crippen LogP contribution in [0, 0.1) is 0 Å². The van der Waals surface area contributed by atoms with Gasteiger partial charge in [-0.1, -0.05) is 158 Å². The number of hydrogen-bond donors (Lipinski definition) is 0. The van der Waals surface area contributed by atoms with Crippen LogP contribution in [0.3, 0.4) is 0 Å². The fraction of sp³-hybridized carbons (Fsp3) is 0. The maximum Gasteiger partial charge on any atom is 0.164 e. The standard InChI is InChI=1S/C49H29N3O/c1-2-14-31(15-3-1)47-50-48(52-49(51-47)42-29-32-16-5-6-17-33(32)39-28-27-30-13-4-7-18-34(30)45(39)42)40-24-11-20-35-36(21-10-22-37(35)40)38-23-12-26-44-46(38)41-19-8-9-25-43(41)53-44/h1-29H. The lowest BCUT2D eigenvalue weighted by molar-refractivity contribution is 0.669. The number of benzene rings is 9. The van der Waals surface area contributed by atoms with Crippen LogP contribution in [0.4, 0.5) is 0 Å². The third kappa shape index (κ3) is 4.66. The van der Waals surface area contributed by atoms with E-state index in [0.717, 1.165) is 71.3 Å². The molecule has 2 heterocycles. The lowest BCUT2D eigenvalue weighted by atomic mass is 9.92. The van der Waals surface area contributed by atoms with Gasteiger partial charge in [0.15, 0.2) is 17.5 Å². The van der Waals surface area contributed by atoms with Crippen molar-refractivity contribution in [3.8, 4) is 45.3 Å². The Bertz CT molecular complexity index is 3240. The molecule has 246 valence electrons. The van der Waals surface area contributed by atoms with E-state index in [9.17, 15) is 0 Å². The van der Waals surface area contributed by atoms with Gasteiger partial charge in [0.1, 0.15) is 11.2 Å². The molecule has 0 saturated heterocycles. The molecular weight excluding hydrogens is 647 g/mol. The number of para-hydroxylation sites is 1. The Kier molecular flexibility index (Phi) is 6.52. The van der Waals surface area contributed by atoms with Gasteiger partial charge in [-0.05, 0) is 67.0 Å². The zero-order valence-corrected chi connectivity index (χ0v) is 28.5. The molecule has 4 nitrogen and oxygen atoms in total. The molecule has 0 aliphatic heterocycles. The molecule has 0 spiro atoms. The quantitative estimate of drug-likeness (QED) is 0.174. The molecule has 0 unspecified atom stereocenters. The molecule has 0 N–H and O–H groups in total. The van der Waals surface area contributed by atoms with Gasteiger partial charge in [0, 0.05) is 32.8 Å². The minimum Gasteiger partial charge on any atom is -0.456 e. The molecule has 0 bridgehead atoms. The number of aromatic nitrogens is 3. The van der Waals surface area contributed by atoms with Crippen LogP contribution in [0.1, 0.15) is 0 Å². The van der Waals surface area contributed by atoms with Crippen molar-refractivity contribution in [2.45, 2.75) is 0 Å². The molecule has 11 aromatic rings. The second-order valence-electron chi connectivity index (χ2n) is 13.5. The largest absolute Gasteiger partial charge is 0.456 e. The second-order valence-corrected chi connectivity index (χ2v) is 13.5. The van der Waals surface area contributed by atoms with Crippen molar-refractivity contribution in [2.75, 3.05) is 0 Å². The van der Waals surface area contributed by atoms with Crippen LogP contribution in [0.15, 0.2) is 180 Å².